The number of aromatic nitrogens is 3. The molecule has 0 amide bonds. The number of anilines is 2. The molecule has 0 saturated carbocycles. The molecule has 5 rings (SSSR count). The quantitative estimate of drug-likeness (QED) is 0.450. The standard InChI is InChI=1S/C25H24F2N6/c1-16-18(15-28)4-3-5-20(16)17(2)30-23-21-14-19(32-11-8-25(26,27)9-12-32)6-7-22(21)33-13-10-29-24(33)31-23/h3-7,10,13-14,17H,8-9,11-12H2,1-2H3,(H,29,30,31). The number of nitrogens with one attached hydrogen (secondary N) is 1. The first kappa shape index (κ1) is 21.1. The molecule has 33 heavy (non-hydrogen) atoms. The molecule has 168 valence electrons. The van der Waals surface area contributed by atoms with E-state index in [1.807, 2.05) is 65.7 Å². The molecule has 3 heterocycles. The molecule has 0 radical (unpaired) electrons. The van der Waals surface area contributed by atoms with Gasteiger partial charge in [0, 0.05) is 49.4 Å². The number of imidazole rings is 1. The number of fused-ring (bicyclic) bond motifs is 3. The summed E-state index contributed by atoms with van der Waals surface area (Å²) in [6, 6.07) is 13.8. The maximum Gasteiger partial charge on any atom is 0.251 e. The van der Waals surface area contributed by atoms with Crippen molar-refractivity contribution in [3.8, 4) is 6.07 Å². The minimum atomic E-state index is -2.59. The third-order valence-corrected chi connectivity index (χ3v) is 6.50. The van der Waals surface area contributed by atoms with E-state index >= 15 is 0 Å². The molecule has 1 N–H and O–H groups in total. The van der Waals surface area contributed by atoms with Crippen molar-refractivity contribution in [2.75, 3.05) is 23.3 Å². The van der Waals surface area contributed by atoms with Crippen LogP contribution in [0.3, 0.4) is 0 Å². The van der Waals surface area contributed by atoms with Gasteiger partial charge in [-0.1, -0.05) is 12.1 Å². The maximum absolute atomic E-state index is 13.7. The normalized spacial score (nSPS) is 16.6. The van der Waals surface area contributed by atoms with Gasteiger partial charge < -0.3 is 10.2 Å². The van der Waals surface area contributed by atoms with Crippen LogP contribution in [0.25, 0.3) is 16.7 Å². The van der Waals surface area contributed by atoms with Gasteiger partial charge in [-0.05, 0) is 49.2 Å². The summed E-state index contributed by atoms with van der Waals surface area (Å²) in [5.74, 6) is -1.34. The summed E-state index contributed by atoms with van der Waals surface area (Å²) in [5.41, 5.74) is 4.42. The molecule has 1 unspecified atom stereocenters. The van der Waals surface area contributed by atoms with Gasteiger partial charge in [-0.3, -0.25) is 4.40 Å². The Hall–Kier alpha value is -3.73. The Morgan fingerprint density at radius 2 is 1.97 bits per heavy atom. The minimum Gasteiger partial charge on any atom is -0.371 e. The van der Waals surface area contributed by atoms with Crippen LogP contribution in [-0.2, 0) is 0 Å². The van der Waals surface area contributed by atoms with E-state index < -0.39 is 5.92 Å². The molecule has 1 saturated heterocycles. The van der Waals surface area contributed by atoms with Crippen LogP contribution in [-0.4, -0.2) is 33.4 Å². The van der Waals surface area contributed by atoms with Crippen molar-refractivity contribution >= 4 is 28.2 Å². The topological polar surface area (TPSA) is 69.2 Å². The zero-order chi connectivity index (χ0) is 23.2. The highest BCUT2D eigenvalue weighted by Gasteiger charge is 2.34. The summed E-state index contributed by atoms with van der Waals surface area (Å²) >= 11 is 0. The predicted octanol–water partition coefficient (Wildman–Crippen LogP) is 5.47. The van der Waals surface area contributed by atoms with Crippen molar-refractivity contribution in [2.24, 2.45) is 0 Å². The van der Waals surface area contributed by atoms with Crippen LogP contribution < -0.4 is 10.2 Å². The van der Waals surface area contributed by atoms with Crippen LogP contribution in [0.5, 0.6) is 0 Å². The van der Waals surface area contributed by atoms with E-state index in [1.54, 1.807) is 6.20 Å². The van der Waals surface area contributed by atoms with Gasteiger partial charge >= 0.3 is 0 Å². The average Bonchev–Trinajstić information content (AvgIpc) is 3.27. The summed E-state index contributed by atoms with van der Waals surface area (Å²) < 4.78 is 29.2. The molecular formula is C25H24F2N6. The van der Waals surface area contributed by atoms with Crippen LogP contribution in [0.1, 0.15) is 42.5 Å². The number of piperidine rings is 1. The van der Waals surface area contributed by atoms with E-state index in [0.717, 1.165) is 27.7 Å². The van der Waals surface area contributed by atoms with Gasteiger partial charge in [-0.15, -0.1) is 0 Å². The molecule has 4 aromatic rings. The molecule has 0 aliphatic carbocycles. The molecule has 1 fully saturated rings. The fourth-order valence-electron chi connectivity index (χ4n) is 4.58. The lowest BCUT2D eigenvalue weighted by atomic mass is 9.98. The van der Waals surface area contributed by atoms with E-state index in [-0.39, 0.29) is 18.9 Å². The van der Waals surface area contributed by atoms with Gasteiger partial charge in [0.25, 0.3) is 5.92 Å². The fraction of sp³-hybridized carbons (Fsp3) is 0.320. The third kappa shape index (κ3) is 3.84. The van der Waals surface area contributed by atoms with Crippen molar-refractivity contribution in [2.45, 2.75) is 38.7 Å². The lowest BCUT2D eigenvalue weighted by Crippen LogP contribution is -2.39. The molecule has 6 nitrogen and oxygen atoms in total. The van der Waals surface area contributed by atoms with Gasteiger partial charge in [0.1, 0.15) is 5.82 Å². The molecule has 8 heteroatoms. The first-order valence-electron chi connectivity index (χ1n) is 11.0. The van der Waals surface area contributed by atoms with Gasteiger partial charge in [-0.2, -0.15) is 10.2 Å². The van der Waals surface area contributed by atoms with Crippen molar-refractivity contribution in [3.63, 3.8) is 0 Å². The van der Waals surface area contributed by atoms with Crippen molar-refractivity contribution < 1.29 is 8.78 Å². The Bertz CT molecular complexity index is 1380. The second-order valence-electron chi connectivity index (χ2n) is 8.60. The second kappa shape index (κ2) is 8.00. The Kier molecular flexibility index (Phi) is 5.12. The largest absolute Gasteiger partial charge is 0.371 e. The summed E-state index contributed by atoms with van der Waals surface area (Å²) in [7, 11) is 0. The van der Waals surface area contributed by atoms with Crippen LogP contribution >= 0.6 is 0 Å². The number of hydrogen-bond donors (Lipinski definition) is 1. The first-order valence-corrected chi connectivity index (χ1v) is 11.0. The van der Waals surface area contributed by atoms with E-state index in [0.29, 0.717) is 30.2 Å². The van der Waals surface area contributed by atoms with Crippen molar-refractivity contribution in [1.29, 1.82) is 5.26 Å². The smallest absolute Gasteiger partial charge is 0.251 e. The number of benzene rings is 2. The lowest BCUT2D eigenvalue weighted by molar-refractivity contribution is -0.0220. The summed E-state index contributed by atoms with van der Waals surface area (Å²) in [6.45, 7) is 4.61. The summed E-state index contributed by atoms with van der Waals surface area (Å²) in [6.07, 6.45) is 3.29. The summed E-state index contributed by atoms with van der Waals surface area (Å²) in [4.78, 5) is 11.1. The molecule has 1 aliphatic heterocycles. The van der Waals surface area contributed by atoms with Crippen molar-refractivity contribution in [1.82, 2.24) is 14.4 Å². The Labute approximate surface area is 190 Å². The van der Waals surface area contributed by atoms with Gasteiger partial charge in [0.05, 0.1) is 23.2 Å². The Morgan fingerprint density at radius 1 is 1.18 bits per heavy atom. The molecular weight excluding hydrogens is 422 g/mol. The van der Waals surface area contributed by atoms with Gasteiger partial charge in [0.15, 0.2) is 0 Å². The number of rotatable bonds is 4. The van der Waals surface area contributed by atoms with E-state index in [4.69, 9.17) is 4.98 Å². The minimum absolute atomic E-state index is 0.108. The van der Waals surface area contributed by atoms with Crippen LogP contribution in [0.4, 0.5) is 20.3 Å². The Morgan fingerprint density at radius 3 is 2.73 bits per heavy atom. The van der Waals surface area contributed by atoms with Crippen molar-refractivity contribution in [3.05, 3.63) is 65.5 Å². The molecule has 0 spiro atoms. The SMILES string of the molecule is Cc1c(C#N)cccc1C(C)Nc1nc2nccn2c2ccc(N3CCC(F)(F)CC3)cc12. The molecule has 2 aromatic carbocycles. The Balaban J connectivity index is 1.56. The van der Waals surface area contributed by atoms with Crippen LogP contribution in [0, 0.1) is 18.3 Å². The maximum atomic E-state index is 13.7. The highest BCUT2D eigenvalue weighted by molar-refractivity contribution is 5.93. The monoisotopic (exact) mass is 446 g/mol. The number of alkyl halides is 2. The van der Waals surface area contributed by atoms with E-state index in [1.165, 1.54) is 0 Å². The lowest BCUT2D eigenvalue weighted by Gasteiger charge is -2.33. The number of hydrogen-bond acceptors (Lipinski definition) is 5. The first-order chi connectivity index (χ1) is 15.9. The zero-order valence-corrected chi connectivity index (χ0v) is 18.5. The highest BCUT2D eigenvalue weighted by atomic mass is 19.3. The molecule has 1 atom stereocenters. The number of nitriles is 1. The molecule has 1 aliphatic rings. The average molecular weight is 447 g/mol. The second-order valence-corrected chi connectivity index (χ2v) is 8.60. The number of halogens is 2. The summed E-state index contributed by atoms with van der Waals surface area (Å²) in [5, 5.41) is 13.8. The predicted molar refractivity (Wildman–Crippen MR) is 125 cm³/mol. The highest BCUT2D eigenvalue weighted by Crippen LogP contribution is 2.34. The number of nitrogens with zero attached hydrogens (tertiary/aromatic N) is 5. The van der Waals surface area contributed by atoms with Gasteiger partial charge in [0.2, 0.25) is 5.78 Å². The van der Waals surface area contributed by atoms with Crippen LogP contribution in [0.15, 0.2) is 48.8 Å². The third-order valence-electron chi connectivity index (χ3n) is 6.50. The molecule has 0 bridgehead atoms. The fourth-order valence-corrected chi connectivity index (χ4v) is 4.58. The van der Waals surface area contributed by atoms with Crippen LogP contribution in [0.2, 0.25) is 0 Å². The zero-order valence-electron chi connectivity index (χ0n) is 18.5. The molecule has 2 aromatic heterocycles. The van der Waals surface area contributed by atoms with E-state index in [2.05, 4.69) is 16.4 Å². The van der Waals surface area contributed by atoms with E-state index in [9.17, 15) is 14.0 Å². The van der Waals surface area contributed by atoms with Gasteiger partial charge in [-0.25, -0.2) is 13.8 Å².